The molecule has 2 fully saturated rings. The minimum absolute atomic E-state index is 0.0166. The van der Waals surface area contributed by atoms with Crippen LogP contribution in [0.15, 0.2) is 28.3 Å². The van der Waals surface area contributed by atoms with Crippen molar-refractivity contribution in [2.24, 2.45) is 22.2 Å². The van der Waals surface area contributed by atoms with Gasteiger partial charge < -0.3 is 10.2 Å². The van der Waals surface area contributed by atoms with E-state index in [9.17, 15) is 13.2 Å². The molecule has 4 atom stereocenters. The van der Waals surface area contributed by atoms with E-state index >= 15 is 0 Å². The molecule has 4 aliphatic rings. The first-order valence-corrected chi connectivity index (χ1v) is 10.3. The Balaban J connectivity index is 1.50. The molecule has 6 nitrogen and oxygen atoms in total. The third-order valence-corrected chi connectivity index (χ3v) is 7.05. The van der Waals surface area contributed by atoms with Crippen LogP contribution in [0.1, 0.15) is 32.6 Å². The van der Waals surface area contributed by atoms with E-state index in [2.05, 4.69) is 16.6 Å². The Morgan fingerprint density at radius 1 is 1.38 bits per heavy atom. The highest BCUT2D eigenvalue weighted by Crippen LogP contribution is 2.49. The maximum atomic E-state index is 12.7. The van der Waals surface area contributed by atoms with E-state index in [4.69, 9.17) is 0 Å². The van der Waals surface area contributed by atoms with Gasteiger partial charge in [0.05, 0.1) is 11.3 Å². The molecule has 24 heavy (non-hydrogen) atoms. The third kappa shape index (κ3) is 2.79. The fraction of sp³-hybridized carbons (Fsp3) is 0.647. The Hall–Kier alpha value is -1.63. The predicted octanol–water partition coefficient (Wildman–Crippen LogP) is 1.42. The van der Waals surface area contributed by atoms with Crippen LogP contribution in [-0.4, -0.2) is 43.4 Å². The molecule has 130 valence electrons. The Bertz CT molecular complexity index is 753. The summed E-state index contributed by atoms with van der Waals surface area (Å²) in [5, 5.41) is 3.09. The number of hydrogen-bond donors (Lipinski definition) is 1. The normalized spacial score (nSPS) is 34.4. The average Bonchev–Trinajstić information content (AvgIpc) is 3.16. The van der Waals surface area contributed by atoms with Crippen molar-refractivity contribution in [3.05, 3.63) is 23.9 Å². The van der Waals surface area contributed by atoms with Crippen LogP contribution >= 0.6 is 0 Å². The number of carbonyl (C=O) groups excluding carboxylic acids is 1. The van der Waals surface area contributed by atoms with E-state index in [1.807, 2.05) is 0 Å². The zero-order valence-electron chi connectivity index (χ0n) is 13.8. The lowest BCUT2D eigenvalue weighted by Gasteiger charge is -2.31. The summed E-state index contributed by atoms with van der Waals surface area (Å²) in [7, 11) is -3.48. The third-order valence-electron chi connectivity index (χ3n) is 5.90. The van der Waals surface area contributed by atoms with Gasteiger partial charge in [0.1, 0.15) is 0 Å². The van der Waals surface area contributed by atoms with Crippen LogP contribution in [-0.2, 0) is 14.8 Å². The number of nitrogens with one attached hydrogen (secondary N) is 1. The molecular weight excluding hydrogens is 326 g/mol. The van der Waals surface area contributed by atoms with Gasteiger partial charge in [0, 0.05) is 18.8 Å². The van der Waals surface area contributed by atoms with Crippen LogP contribution in [0.25, 0.3) is 0 Å². The molecule has 0 radical (unpaired) electrons. The van der Waals surface area contributed by atoms with Gasteiger partial charge in [0.25, 0.3) is 15.9 Å². The molecule has 2 saturated carbocycles. The molecule has 1 amide bonds. The first-order valence-electron chi connectivity index (χ1n) is 8.72. The number of hydrogen-bond acceptors (Lipinski definition) is 4. The van der Waals surface area contributed by atoms with Crippen LogP contribution in [0.4, 0.5) is 0 Å². The first-order chi connectivity index (χ1) is 11.4. The summed E-state index contributed by atoms with van der Waals surface area (Å²) in [6.07, 6.45) is 10.3. The van der Waals surface area contributed by atoms with Crippen LogP contribution in [0.2, 0.25) is 0 Å². The minimum atomic E-state index is -3.48. The van der Waals surface area contributed by atoms with E-state index in [-0.39, 0.29) is 23.5 Å². The van der Waals surface area contributed by atoms with Crippen molar-refractivity contribution >= 4 is 21.8 Å². The van der Waals surface area contributed by atoms with E-state index in [0.717, 1.165) is 11.8 Å². The highest BCUT2D eigenvalue weighted by Gasteiger charge is 2.42. The van der Waals surface area contributed by atoms with Gasteiger partial charge in [-0.2, -0.15) is 0 Å². The number of amides is 1. The molecule has 2 aliphatic heterocycles. The maximum absolute atomic E-state index is 12.7. The average molecular weight is 349 g/mol. The molecule has 4 rings (SSSR count). The lowest BCUT2D eigenvalue weighted by Crippen LogP contribution is -2.46. The molecule has 2 bridgehead atoms. The van der Waals surface area contributed by atoms with Crippen molar-refractivity contribution in [1.82, 2.24) is 10.2 Å². The lowest BCUT2D eigenvalue weighted by molar-refractivity contribution is -0.118. The van der Waals surface area contributed by atoms with Gasteiger partial charge in [0.2, 0.25) is 0 Å². The maximum Gasteiger partial charge on any atom is 0.256 e. The molecule has 0 saturated heterocycles. The second kappa shape index (κ2) is 5.72. The summed E-state index contributed by atoms with van der Waals surface area (Å²) in [5.41, 5.74) is 0.343. The number of rotatable bonds is 3. The van der Waals surface area contributed by atoms with E-state index in [1.54, 1.807) is 23.3 Å². The van der Waals surface area contributed by atoms with Gasteiger partial charge in [-0.15, -0.1) is 4.40 Å². The number of carbonyl (C=O) groups is 1. The molecule has 0 unspecified atom stereocenters. The minimum Gasteiger partial charge on any atom is -0.349 e. The van der Waals surface area contributed by atoms with Crippen molar-refractivity contribution in [3.63, 3.8) is 0 Å². The van der Waals surface area contributed by atoms with Crippen LogP contribution < -0.4 is 5.32 Å². The van der Waals surface area contributed by atoms with Crippen molar-refractivity contribution in [2.75, 3.05) is 12.3 Å². The fourth-order valence-corrected chi connectivity index (χ4v) is 5.68. The molecule has 0 spiro atoms. The largest absolute Gasteiger partial charge is 0.349 e. The summed E-state index contributed by atoms with van der Waals surface area (Å²) >= 11 is 0. The number of sulfonamides is 1. The quantitative estimate of drug-likeness (QED) is 0.836. The monoisotopic (exact) mass is 349 g/mol. The summed E-state index contributed by atoms with van der Waals surface area (Å²) in [6.45, 7) is 2.41. The Morgan fingerprint density at radius 2 is 2.21 bits per heavy atom. The Kier molecular flexibility index (Phi) is 3.78. The van der Waals surface area contributed by atoms with Gasteiger partial charge in [-0.05, 0) is 56.1 Å². The summed E-state index contributed by atoms with van der Waals surface area (Å²) < 4.78 is 27.4. The molecule has 2 aliphatic carbocycles. The topological polar surface area (TPSA) is 78.8 Å². The van der Waals surface area contributed by atoms with Crippen molar-refractivity contribution in [1.29, 1.82) is 0 Å². The van der Waals surface area contributed by atoms with Crippen LogP contribution in [0.5, 0.6) is 0 Å². The zero-order chi connectivity index (χ0) is 16.9. The standard InChI is InChI=1S/C17H23N3O3S/c1-11(15-10-12-4-5-13(15)9-12)18-17(21)14-3-2-6-20-7-8-24(22,23)19-16(14)20/h2-3,6,11-13,15H,4-5,7-10H2,1H3,(H,18,21)/t11-,12+,13+,15-/m1/s1. The van der Waals surface area contributed by atoms with Crippen LogP contribution in [0, 0.1) is 17.8 Å². The zero-order valence-corrected chi connectivity index (χ0v) is 14.6. The van der Waals surface area contributed by atoms with Crippen molar-refractivity contribution in [2.45, 2.75) is 38.6 Å². The first kappa shape index (κ1) is 15.9. The molecule has 0 aromatic heterocycles. The van der Waals surface area contributed by atoms with Crippen molar-refractivity contribution < 1.29 is 13.2 Å². The number of fused-ring (bicyclic) bond motifs is 3. The highest BCUT2D eigenvalue weighted by atomic mass is 32.2. The van der Waals surface area contributed by atoms with Gasteiger partial charge in [-0.25, -0.2) is 8.42 Å². The van der Waals surface area contributed by atoms with Crippen molar-refractivity contribution in [3.8, 4) is 0 Å². The SMILES string of the molecule is C[C@@H](NC(=O)C1=CC=CN2CCS(=O)(=O)N=C12)[C@H]1C[C@H]2CC[C@H]1C2. The Morgan fingerprint density at radius 3 is 2.92 bits per heavy atom. The molecule has 0 aromatic rings. The highest BCUT2D eigenvalue weighted by molar-refractivity contribution is 7.90. The molecular formula is C17H23N3O3S. The van der Waals surface area contributed by atoms with E-state index in [0.29, 0.717) is 18.0 Å². The second-order valence-electron chi connectivity index (χ2n) is 7.42. The van der Waals surface area contributed by atoms with Gasteiger partial charge in [-0.3, -0.25) is 4.79 Å². The number of nitrogens with zero attached hydrogens (tertiary/aromatic N) is 2. The smallest absolute Gasteiger partial charge is 0.256 e. The second-order valence-corrected chi connectivity index (χ2v) is 9.17. The van der Waals surface area contributed by atoms with Gasteiger partial charge in [-0.1, -0.05) is 6.42 Å². The molecule has 1 N–H and O–H groups in total. The van der Waals surface area contributed by atoms with E-state index in [1.165, 1.54) is 25.7 Å². The molecule has 2 heterocycles. The summed E-state index contributed by atoms with van der Waals surface area (Å²) in [6, 6.07) is 0.105. The summed E-state index contributed by atoms with van der Waals surface area (Å²) in [4.78, 5) is 14.5. The molecule has 7 heteroatoms. The predicted molar refractivity (Wildman–Crippen MR) is 91.7 cm³/mol. The number of allylic oxidation sites excluding steroid dienone is 2. The summed E-state index contributed by atoms with van der Waals surface area (Å²) in [5.74, 6) is 2.11. The Labute approximate surface area is 142 Å². The molecule has 0 aromatic carbocycles. The van der Waals surface area contributed by atoms with Gasteiger partial charge in [0.15, 0.2) is 5.84 Å². The number of amidine groups is 1. The van der Waals surface area contributed by atoms with Crippen LogP contribution in [0.3, 0.4) is 0 Å². The fourth-order valence-electron chi connectivity index (χ4n) is 4.69. The van der Waals surface area contributed by atoms with Gasteiger partial charge >= 0.3 is 0 Å². The lowest BCUT2D eigenvalue weighted by atomic mass is 9.84. The van der Waals surface area contributed by atoms with E-state index < -0.39 is 10.0 Å².